The van der Waals surface area contributed by atoms with Crippen molar-refractivity contribution >= 4 is 42.6 Å². The number of hydrogen-bond acceptors (Lipinski definition) is 6. The van der Waals surface area contributed by atoms with Gasteiger partial charge in [-0.25, -0.2) is 22.2 Å². The maximum Gasteiger partial charge on any atom is 0.260 e. The number of thiazole rings is 1. The third kappa shape index (κ3) is 5.76. The molecule has 7 nitrogen and oxygen atoms in total. The molecule has 3 aromatic carbocycles. The molecule has 2 aromatic heterocycles. The minimum atomic E-state index is -3.83. The van der Waals surface area contributed by atoms with Crippen molar-refractivity contribution in [3.63, 3.8) is 0 Å². The van der Waals surface area contributed by atoms with Crippen molar-refractivity contribution in [3.8, 4) is 0 Å². The fraction of sp³-hybridized carbons (Fsp3) is 0.138. The number of aromatic nitrogens is 2. The van der Waals surface area contributed by atoms with Gasteiger partial charge in [-0.05, 0) is 47.5 Å². The van der Waals surface area contributed by atoms with Gasteiger partial charge in [-0.2, -0.15) is 4.31 Å². The number of anilines is 1. The standard InChI is InChI=1S/C29H24F2N4O3S2/c1-2-34(18-20-7-4-3-5-8-20)40(37,38)24-12-10-22(11-13-24)28(36)35(19-21-9-6-14-32-17-21)29-33-27-25(31)15-23(30)16-26(27)39-29/h3-17H,2,18-19H2,1H3. The van der Waals surface area contributed by atoms with E-state index in [1.165, 1.54) is 39.5 Å². The summed E-state index contributed by atoms with van der Waals surface area (Å²) in [4.78, 5) is 23.5. The van der Waals surface area contributed by atoms with E-state index in [0.29, 0.717) is 5.56 Å². The van der Waals surface area contributed by atoms with Gasteiger partial charge in [0.15, 0.2) is 10.9 Å². The number of amides is 1. The first-order valence-corrected chi connectivity index (χ1v) is 14.6. The van der Waals surface area contributed by atoms with Crippen molar-refractivity contribution < 1.29 is 22.0 Å². The van der Waals surface area contributed by atoms with Gasteiger partial charge in [0.25, 0.3) is 5.91 Å². The maximum atomic E-state index is 14.4. The summed E-state index contributed by atoms with van der Waals surface area (Å²) in [5.74, 6) is -2.04. The quantitative estimate of drug-likeness (QED) is 0.213. The van der Waals surface area contributed by atoms with E-state index in [9.17, 15) is 22.0 Å². The Labute approximate surface area is 234 Å². The Morgan fingerprint density at radius 1 is 0.925 bits per heavy atom. The Morgan fingerprint density at radius 3 is 2.33 bits per heavy atom. The molecule has 5 rings (SSSR count). The van der Waals surface area contributed by atoms with Crippen molar-refractivity contribution in [2.45, 2.75) is 24.9 Å². The number of hydrogen-bond donors (Lipinski definition) is 0. The van der Waals surface area contributed by atoms with Crippen LogP contribution in [0.5, 0.6) is 0 Å². The minimum absolute atomic E-state index is 0.0371. The molecule has 0 radical (unpaired) electrons. The summed E-state index contributed by atoms with van der Waals surface area (Å²) in [6, 6.07) is 20.4. The summed E-state index contributed by atoms with van der Waals surface area (Å²) < 4.78 is 56.5. The van der Waals surface area contributed by atoms with Crippen LogP contribution in [0, 0.1) is 11.6 Å². The highest BCUT2D eigenvalue weighted by molar-refractivity contribution is 7.89. The average Bonchev–Trinajstić information content (AvgIpc) is 3.39. The first-order valence-electron chi connectivity index (χ1n) is 12.4. The van der Waals surface area contributed by atoms with E-state index in [0.717, 1.165) is 23.0 Å². The topological polar surface area (TPSA) is 83.5 Å². The van der Waals surface area contributed by atoms with Gasteiger partial charge in [-0.15, -0.1) is 0 Å². The van der Waals surface area contributed by atoms with Gasteiger partial charge in [0, 0.05) is 37.1 Å². The summed E-state index contributed by atoms with van der Waals surface area (Å²) in [5.41, 5.74) is 1.73. The summed E-state index contributed by atoms with van der Waals surface area (Å²) >= 11 is 0.982. The van der Waals surface area contributed by atoms with Crippen molar-refractivity contribution in [2.24, 2.45) is 0 Å². The second-order valence-corrected chi connectivity index (χ2v) is 11.9. The zero-order valence-electron chi connectivity index (χ0n) is 21.4. The molecule has 204 valence electrons. The number of halogens is 2. The van der Waals surface area contributed by atoms with E-state index in [4.69, 9.17) is 0 Å². The summed E-state index contributed by atoms with van der Waals surface area (Å²) in [7, 11) is -3.83. The van der Waals surface area contributed by atoms with Crippen LogP contribution in [-0.4, -0.2) is 35.1 Å². The number of fused-ring (bicyclic) bond motifs is 1. The second-order valence-electron chi connectivity index (χ2n) is 8.92. The van der Waals surface area contributed by atoms with Gasteiger partial charge in [0.1, 0.15) is 11.3 Å². The number of carbonyl (C=O) groups is 1. The largest absolute Gasteiger partial charge is 0.279 e. The normalized spacial score (nSPS) is 11.7. The number of nitrogens with zero attached hydrogens (tertiary/aromatic N) is 4. The highest BCUT2D eigenvalue weighted by atomic mass is 32.2. The Morgan fingerprint density at radius 2 is 1.65 bits per heavy atom. The zero-order chi connectivity index (χ0) is 28.3. The van der Waals surface area contributed by atoms with Gasteiger partial charge in [-0.1, -0.05) is 54.7 Å². The predicted octanol–water partition coefficient (Wildman–Crippen LogP) is 6.03. The van der Waals surface area contributed by atoms with Crippen molar-refractivity contribution in [3.05, 3.63) is 120 Å². The van der Waals surface area contributed by atoms with Gasteiger partial charge in [0.05, 0.1) is 16.1 Å². The molecule has 0 saturated heterocycles. The highest BCUT2D eigenvalue weighted by Gasteiger charge is 2.26. The molecule has 5 aromatic rings. The van der Waals surface area contributed by atoms with Crippen LogP contribution in [0.4, 0.5) is 13.9 Å². The van der Waals surface area contributed by atoms with Crippen LogP contribution in [-0.2, 0) is 23.1 Å². The summed E-state index contributed by atoms with van der Waals surface area (Å²) in [5, 5.41) is 0.171. The molecule has 0 aliphatic heterocycles. The average molecular weight is 579 g/mol. The van der Waals surface area contributed by atoms with Crippen LogP contribution in [0.15, 0.2) is 96.2 Å². The monoisotopic (exact) mass is 578 g/mol. The van der Waals surface area contributed by atoms with Gasteiger partial charge < -0.3 is 0 Å². The van der Waals surface area contributed by atoms with Crippen LogP contribution >= 0.6 is 11.3 Å². The van der Waals surface area contributed by atoms with E-state index >= 15 is 0 Å². The molecule has 0 aliphatic carbocycles. The van der Waals surface area contributed by atoms with Gasteiger partial charge in [-0.3, -0.25) is 14.7 Å². The van der Waals surface area contributed by atoms with E-state index < -0.39 is 27.6 Å². The SMILES string of the molecule is CCN(Cc1ccccc1)S(=O)(=O)c1ccc(C(=O)N(Cc2cccnc2)c2nc3c(F)cc(F)cc3s2)cc1. The van der Waals surface area contributed by atoms with Crippen molar-refractivity contribution in [1.82, 2.24) is 14.3 Å². The fourth-order valence-electron chi connectivity index (χ4n) is 4.19. The van der Waals surface area contributed by atoms with Crippen molar-refractivity contribution in [1.29, 1.82) is 0 Å². The van der Waals surface area contributed by atoms with Crippen LogP contribution in [0.1, 0.15) is 28.4 Å². The molecule has 0 aliphatic rings. The lowest BCUT2D eigenvalue weighted by molar-refractivity contribution is 0.0985. The first kappa shape index (κ1) is 27.5. The Kier molecular flexibility index (Phi) is 7.97. The molecule has 0 saturated carbocycles. The van der Waals surface area contributed by atoms with E-state index in [2.05, 4.69) is 9.97 Å². The molecule has 1 amide bonds. The van der Waals surface area contributed by atoms with E-state index in [-0.39, 0.29) is 45.4 Å². The highest BCUT2D eigenvalue weighted by Crippen LogP contribution is 2.33. The number of pyridine rings is 1. The molecule has 0 spiro atoms. The molecule has 40 heavy (non-hydrogen) atoms. The Bertz CT molecular complexity index is 1750. The number of benzene rings is 3. The smallest absolute Gasteiger partial charge is 0.260 e. The molecule has 0 unspecified atom stereocenters. The molecular formula is C29H24F2N4O3S2. The Balaban J connectivity index is 1.46. The van der Waals surface area contributed by atoms with Crippen LogP contribution < -0.4 is 4.90 Å². The molecule has 0 bridgehead atoms. The Hall–Kier alpha value is -4.06. The lowest BCUT2D eigenvalue weighted by atomic mass is 10.2. The molecule has 0 fully saturated rings. The first-order chi connectivity index (χ1) is 19.3. The molecule has 0 atom stereocenters. The van der Waals surface area contributed by atoms with Crippen LogP contribution in [0.2, 0.25) is 0 Å². The van der Waals surface area contributed by atoms with Gasteiger partial charge >= 0.3 is 0 Å². The molecule has 0 N–H and O–H groups in total. The zero-order valence-corrected chi connectivity index (χ0v) is 23.0. The van der Waals surface area contributed by atoms with Crippen LogP contribution in [0.25, 0.3) is 10.2 Å². The number of carbonyl (C=O) groups excluding carboxylic acids is 1. The third-order valence-electron chi connectivity index (χ3n) is 6.23. The summed E-state index contributed by atoms with van der Waals surface area (Å²) in [6.45, 7) is 2.32. The molecular weight excluding hydrogens is 554 g/mol. The predicted molar refractivity (Wildman–Crippen MR) is 150 cm³/mol. The summed E-state index contributed by atoms with van der Waals surface area (Å²) in [6.07, 6.45) is 3.19. The number of rotatable bonds is 9. The van der Waals surface area contributed by atoms with Crippen LogP contribution in [0.3, 0.4) is 0 Å². The second kappa shape index (κ2) is 11.6. The molecule has 11 heteroatoms. The maximum absolute atomic E-state index is 14.4. The third-order valence-corrected chi connectivity index (χ3v) is 9.20. The fourth-order valence-corrected chi connectivity index (χ4v) is 6.63. The van der Waals surface area contributed by atoms with E-state index in [1.54, 1.807) is 31.5 Å². The van der Waals surface area contributed by atoms with E-state index in [1.807, 2.05) is 30.3 Å². The number of sulfonamides is 1. The lowest BCUT2D eigenvalue weighted by Gasteiger charge is -2.22. The lowest BCUT2D eigenvalue weighted by Crippen LogP contribution is -2.31. The molecule has 2 heterocycles. The van der Waals surface area contributed by atoms with Crippen molar-refractivity contribution in [2.75, 3.05) is 11.4 Å². The van der Waals surface area contributed by atoms with Gasteiger partial charge in [0.2, 0.25) is 10.0 Å². The minimum Gasteiger partial charge on any atom is -0.279 e.